The summed E-state index contributed by atoms with van der Waals surface area (Å²) in [6, 6.07) is 8.01. The van der Waals surface area contributed by atoms with Crippen LogP contribution in [0.4, 0.5) is 11.5 Å². The molecule has 1 aromatic heterocycles. The van der Waals surface area contributed by atoms with Gasteiger partial charge in [-0.2, -0.15) is 4.98 Å². The number of ether oxygens (including phenoxy) is 1. The fraction of sp³-hybridized carbons (Fsp3) is 0.643. The maximum Gasteiger partial charge on any atom is 0.248 e. The Kier molecular flexibility index (Phi) is 14.1. The number of hydrogen-bond donors (Lipinski definition) is 2. The standard InChI is InChI=1S/C28H46N4O/c1-3-5-6-7-8-9-10-11-12-13-14-15-16-17-22-30-27-26(29)28(32-23-31-27)33-25-20-18-24(4-2)19-21-25/h18-21,23H,3-17,22,29H2,1-2H3,(H,30,31,32). The van der Waals surface area contributed by atoms with Crippen LogP contribution < -0.4 is 15.8 Å². The summed E-state index contributed by atoms with van der Waals surface area (Å²) in [7, 11) is 0. The molecule has 0 fully saturated rings. The van der Waals surface area contributed by atoms with E-state index in [-0.39, 0.29) is 0 Å². The van der Waals surface area contributed by atoms with Crippen molar-refractivity contribution in [3.8, 4) is 11.6 Å². The number of nitrogens with two attached hydrogens (primary N) is 1. The first kappa shape index (κ1) is 26.9. The zero-order valence-electron chi connectivity index (χ0n) is 21.1. The molecular formula is C28H46N4O. The van der Waals surface area contributed by atoms with Gasteiger partial charge in [-0.05, 0) is 30.5 Å². The second-order valence-corrected chi connectivity index (χ2v) is 9.06. The van der Waals surface area contributed by atoms with E-state index in [1.165, 1.54) is 95.4 Å². The number of anilines is 2. The molecule has 1 heterocycles. The van der Waals surface area contributed by atoms with Crippen LogP contribution in [-0.2, 0) is 6.42 Å². The van der Waals surface area contributed by atoms with Gasteiger partial charge in [-0.1, -0.05) is 109 Å². The molecule has 0 aliphatic rings. The minimum atomic E-state index is 0.401. The number of rotatable bonds is 19. The molecule has 5 heteroatoms. The van der Waals surface area contributed by atoms with E-state index < -0.39 is 0 Å². The van der Waals surface area contributed by atoms with Gasteiger partial charge in [0.25, 0.3) is 0 Å². The first-order valence-corrected chi connectivity index (χ1v) is 13.4. The lowest BCUT2D eigenvalue weighted by atomic mass is 10.0. The summed E-state index contributed by atoms with van der Waals surface area (Å²) in [6.07, 6.45) is 21.6. The zero-order valence-corrected chi connectivity index (χ0v) is 21.1. The molecular weight excluding hydrogens is 408 g/mol. The summed E-state index contributed by atoms with van der Waals surface area (Å²) >= 11 is 0. The second kappa shape index (κ2) is 17.2. The van der Waals surface area contributed by atoms with Crippen LogP contribution in [-0.4, -0.2) is 16.5 Å². The Morgan fingerprint density at radius 1 is 0.727 bits per heavy atom. The minimum Gasteiger partial charge on any atom is -0.437 e. The molecule has 0 aliphatic carbocycles. The van der Waals surface area contributed by atoms with Crippen LogP contribution in [0.5, 0.6) is 11.6 Å². The van der Waals surface area contributed by atoms with Gasteiger partial charge in [-0.25, -0.2) is 4.98 Å². The van der Waals surface area contributed by atoms with E-state index in [9.17, 15) is 0 Å². The van der Waals surface area contributed by atoms with E-state index in [1.54, 1.807) is 0 Å². The number of hydrogen-bond acceptors (Lipinski definition) is 5. The average Bonchev–Trinajstić information content (AvgIpc) is 2.84. The fourth-order valence-corrected chi connectivity index (χ4v) is 4.03. The SMILES string of the molecule is CCCCCCCCCCCCCCCCNc1ncnc(Oc2ccc(CC)cc2)c1N. The predicted molar refractivity (Wildman–Crippen MR) is 141 cm³/mol. The van der Waals surface area contributed by atoms with E-state index in [4.69, 9.17) is 10.5 Å². The van der Waals surface area contributed by atoms with E-state index in [0.717, 1.165) is 25.1 Å². The van der Waals surface area contributed by atoms with Gasteiger partial charge in [-0.15, -0.1) is 0 Å². The first-order valence-electron chi connectivity index (χ1n) is 13.4. The van der Waals surface area contributed by atoms with Crippen molar-refractivity contribution in [2.75, 3.05) is 17.6 Å². The molecule has 0 aliphatic heterocycles. The second-order valence-electron chi connectivity index (χ2n) is 9.06. The molecule has 0 unspecified atom stereocenters. The van der Waals surface area contributed by atoms with Crippen LogP contribution in [0.15, 0.2) is 30.6 Å². The molecule has 0 bridgehead atoms. The van der Waals surface area contributed by atoms with Crippen LogP contribution in [0.25, 0.3) is 0 Å². The molecule has 184 valence electrons. The zero-order chi connectivity index (χ0) is 23.6. The smallest absolute Gasteiger partial charge is 0.248 e. The van der Waals surface area contributed by atoms with E-state index in [2.05, 4.69) is 41.3 Å². The third-order valence-electron chi connectivity index (χ3n) is 6.22. The van der Waals surface area contributed by atoms with Crippen LogP contribution in [0.2, 0.25) is 0 Å². The monoisotopic (exact) mass is 454 g/mol. The number of nitrogen functional groups attached to an aromatic ring is 1. The Hall–Kier alpha value is -2.30. The first-order chi connectivity index (χ1) is 16.2. The number of nitrogens with one attached hydrogen (secondary N) is 1. The van der Waals surface area contributed by atoms with Crippen molar-refractivity contribution < 1.29 is 4.74 Å². The molecule has 0 amide bonds. The van der Waals surface area contributed by atoms with Gasteiger partial charge in [0.2, 0.25) is 5.88 Å². The van der Waals surface area contributed by atoms with E-state index >= 15 is 0 Å². The number of nitrogens with zero attached hydrogens (tertiary/aromatic N) is 2. The molecule has 0 atom stereocenters. The van der Waals surface area contributed by atoms with Crippen LogP contribution in [0.3, 0.4) is 0 Å². The highest BCUT2D eigenvalue weighted by molar-refractivity contribution is 5.66. The van der Waals surface area contributed by atoms with Gasteiger partial charge >= 0.3 is 0 Å². The molecule has 3 N–H and O–H groups in total. The van der Waals surface area contributed by atoms with Crippen LogP contribution >= 0.6 is 0 Å². The van der Waals surface area contributed by atoms with Crippen LogP contribution in [0.1, 0.15) is 109 Å². The van der Waals surface area contributed by atoms with Crippen molar-refractivity contribution in [1.82, 2.24) is 9.97 Å². The molecule has 0 spiro atoms. The number of aryl methyl sites for hydroxylation is 1. The van der Waals surface area contributed by atoms with E-state index in [1.807, 2.05) is 12.1 Å². The van der Waals surface area contributed by atoms with Gasteiger partial charge in [0.1, 0.15) is 17.8 Å². The van der Waals surface area contributed by atoms with Crippen LogP contribution in [0, 0.1) is 0 Å². The molecule has 33 heavy (non-hydrogen) atoms. The molecule has 0 saturated carbocycles. The molecule has 0 radical (unpaired) electrons. The largest absolute Gasteiger partial charge is 0.437 e. The summed E-state index contributed by atoms with van der Waals surface area (Å²) in [5.74, 6) is 1.79. The maximum atomic E-state index is 6.24. The highest BCUT2D eigenvalue weighted by atomic mass is 16.5. The van der Waals surface area contributed by atoms with Crippen molar-refractivity contribution >= 4 is 11.5 Å². The third kappa shape index (κ3) is 11.4. The van der Waals surface area contributed by atoms with Crippen molar-refractivity contribution in [3.63, 3.8) is 0 Å². The Labute approximate surface area is 202 Å². The number of benzene rings is 1. The topological polar surface area (TPSA) is 73.1 Å². The van der Waals surface area contributed by atoms with Crippen molar-refractivity contribution in [2.24, 2.45) is 0 Å². The normalized spacial score (nSPS) is 11.0. The summed E-state index contributed by atoms with van der Waals surface area (Å²) in [5, 5.41) is 3.34. The predicted octanol–water partition coefficient (Wildman–Crippen LogP) is 8.31. The highest BCUT2D eigenvalue weighted by Crippen LogP contribution is 2.29. The molecule has 0 saturated heterocycles. The van der Waals surface area contributed by atoms with Gasteiger partial charge in [0, 0.05) is 6.54 Å². The number of aromatic nitrogens is 2. The fourth-order valence-electron chi connectivity index (χ4n) is 4.03. The summed E-state index contributed by atoms with van der Waals surface area (Å²) < 4.78 is 5.86. The summed E-state index contributed by atoms with van der Waals surface area (Å²) in [6.45, 7) is 5.28. The summed E-state index contributed by atoms with van der Waals surface area (Å²) in [4.78, 5) is 8.48. The molecule has 2 aromatic rings. The van der Waals surface area contributed by atoms with Gasteiger partial charge in [0.15, 0.2) is 5.82 Å². The van der Waals surface area contributed by atoms with E-state index in [0.29, 0.717) is 17.4 Å². The van der Waals surface area contributed by atoms with Gasteiger partial charge in [0.05, 0.1) is 0 Å². The van der Waals surface area contributed by atoms with Crippen molar-refractivity contribution in [1.29, 1.82) is 0 Å². The Morgan fingerprint density at radius 2 is 1.27 bits per heavy atom. The lowest BCUT2D eigenvalue weighted by Gasteiger charge is -2.12. The average molecular weight is 455 g/mol. The third-order valence-corrected chi connectivity index (χ3v) is 6.22. The summed E-state index contributed by atoms with van der Waals surface area (Å²) in [5.41, 5.74) is 7.97. The lowest BCUT2D eigenvalue weighted by Crippen LogP contribution is -2.08. The maximum absolute atomic E-state index is 6.24. The highest BCUT2D eigenvalue weighted by Gasteiger charge is 2.10. The Balaban J connectivity index is 1.52. The van der Waals surface area contributed by atoms with Crippen molar-refractivity contribution in [2.45, 2.75) is 110 Å². The number of unbranched alkanes of at least 4 members (excludes halogenated alkanes) is 13. The Morgan fingerprint density at radius 3 is 1.82 bits per heavy atom. The quantitative estimate of drug-likeness (QED) is 0.209. The molecule has 5 nitrogen and oxygen atoms in total. The minimum absolute atomic E-state index is 0.401. The van der Waals surface area contributed by atoms with Gasteiger partial charge < -0.3 is 15.8 Å². The molecule has 2 rings (SSSR count). The van der Waals surface area contributed by atoms with Crippen molar-refractivity contribution in [3.05, 3.63) is 36.2 Å². The lowest BCUT2D eigenvalue weighted by molar-refractivity contribution is 0.464. The molecule has 1 aromatic carbocycles. The Bertz CT molecular complexity index is 748. The van der Waals surface area contributed by atoms with Gasteiger partial charge in [-0.3, -0.25) is 0 Å².